The minimum atomic E-state index is -0.553. The van der Waals surface area contributed by atoms with Crippen LogP contribution in [0.2, 0.25) is 0 Å². The van der Waals surface area contributed by atoms with Gasteiger partial charge in [-0.15, -0.1) is 0 Å². The average molecular weight is 276 g/mol. The van der Waals surface area contributed by atoms with Gasteiger partial charge < -0.3 is 14.8 Å². The zero-order valence-electron chi connectivity index (χ0n) is 11.4. The zero-order chi connectivity index (χ0) is 14.3. The van der Waals surface area contributed by atoms with Gasteiger partial charge in [-0.2, -0.15) is 0 Å². The van der Waals surface area contributed by atoms with E-state index < -0.39 is 5.79 Å². The van der Waals surface area contributed by atoms with Crippen molar-refractivity contribution in [1.82, 2.24) is 5.32 Å². The Kier molecular flexibility index (Phi) is 2.99. The Morgan fingerprint density at radius 1 is 1.15 bits per heavy atom. The fourth-order valence-electron chi connectivity index (χ4n) is 2.27. The van der Waals surface area contributed by atoms with E-state index in [0.29, 0.717) is 24.3 Å². The fourth-order valence-corrected chi connectivity index (χ4v) is 2.27. The summed E-state index contributed by atoms with van der Waals surface area (Å²) in [5.74, 6) is -1.25. The number of imide groups is 1. The molecule has 0 spiro atoms. The number of fused-ring (bicyclic) bond motifs is 1. The monoisotopic (exact) mass is 276 g/mol. The molecule has 0 aliphatic carbocycles. The highest BCUT2D eigenvalue weighted by Crippen LogP contribution is 2.23. The van der Waals surface area contributed by atoms with Crippen molar-refractivity contribution < 1.29 is 19.1 Å². The van der Waals surface area contributed by atoms with Crippen LogP contribution in [0.1, 0.15) is 34.6 Å². The second-order valence-corrected chi connectivity index (χ2v) is 5.41. The second kappa shape index (κ2) is 4.57. The molecule has 2 amide bonds. The number of hydrogen-bond acceptors (Lipinski definition) is 5. The van der Waals surface area contributed by atoms with Gasteiger partial charge in [0.15, 0.2) is 5.79 Å². The topological polar surface area (TPSA) is 76.7 Å². The molecular formula is C14H16N2O4. The van der Waals surface area contributed by atoms with Crippen LogP contribution in [0.25, 0.3) is 0 Å². The second-order valence-electron chi connectivity index (χ2n) is 5.41. The summed E-state index contributed by atoms with van der Waals surface area (Å²) in [4.78, 5) is 23.1. The summed E-state index contributed by atoms with van der Waals surface area (Å²) in [6.07, 6.45) is 0. The summed E-state index contributed by atoms with van der Waals surface area (Å²) in [7, 11) is 0. The van der Waals surface area contributed by atoms with Crippen LogP contribution in [-0.2, 0) is 9.47 Å². The Morgan fingerprint density at radius 2 is 1.80 bits per heavy atom. The van der Waals surface area contributed by atoms with Crippen LogP contribution in [0, 0.1) is 0 Å². The van der Waals surface area contributed by atoms with Gasteiger partial charge in [0, 0.05) is 5.69 Å². The Labute approximate surface area is 116 Å². The third-order valence-corrected chi connectivity index (χ3v) is 3.37. The molecule has 2 aliphatic rings. The maximum atomic E-state index is 11.6. The summed E-state index contributed by atoms with van der Waals surface area (Å²) in [5, 5.41) is 5.51. The van der Waals surface area contributed by atoms with Crippen LogP contribution in [0.15, 0.2) is 18.2 Å². The van der Waals surface area contributed by atoms with Gasteiger partial charge in [-0.05, 0) is 32.0 Å². The first-order chi connectivity index (χ1) is 9.44. The van der Waals surface area contributed by atoms with Crippen molar-refractivity contribution in [3.63, 3.8) is 0 Å². The van der Waals surface area contributed by atoms with Crippen molar-refractivity contribution in [3.05, 3.63) is 29.3 Å². The number of rotatable bonds is 2. The number of ether oxygens (including phenoxy) is 2. The van der Waals surface area contributed by atoms with E-state index >= 15 is 0 Å². The maximum absolute atomic E-state index is 11.6. The van der Waals surface area contributed by atoms with Crippen LogP contribution >= 0.6 is 0 Å². The number of benzene rings is 1. The van der Waals surface area contributed by atoms with E-state index in [1.54, 1.807) is 18.2 Å². The molecule has 1 aromatic carbocycles. The fraction of sp³-hybridized carbons (Fsp3) is 0.429. The van der Waals surface area contributed by atoms with Crippen LogP contribution in [0.4, 0.5) is 5.69 Å². The number of carbonyl (C=O) groups excluding carboxylic acids is 2. The first kappa shape index (κ1) is 13.1. The normalized spacial score (nSPS) is 21.5. The average Bonchev–Trinajstić information content (AvgIpc) is 2.68. The molecule has 0 saturated carbocycles. The third kappa shape index (κ3) is 2.39. The molecule has 0 aromatic heterocycles. The van der Waals surface area contributed by atoms with Gasteiger partial charge in [0.25, 0.3) is 11.8 Å². The minimum Gasteiger partial charge on any atom is -0.378 e. The first-order valence-electron chi connectivity index (χ1n) is 6.49. The van der Waals surface area contributed by atoms with Crippen molar-refractivity contribution in [2.24, 2.45) is 0 Å². The Morgan fingerprint density at radius 3 is 2.50 bits per heavy atom. The first-order valence-corrected chi connectivity index (χ1v) is 6.49. The highest BCUT2D eigenvalue weighted by molar-refractivity contribution is 6.21. The van der Waals surface area contributed by atoms with Crippen LogP contribution in [0.5, 0.6) is 0 Å². The largest absolute Gasteiger partial charge is 0.378 e. The Balaban J connectivity index is 1.72. The molecule has 20 heavy (non-hydrogen) atoms. The number of nitrogens with one attached hydrogen (secondary N) is 2. The summed E-state index contributed by atoms with van der Waals surface area (Å²) < 4.78 is 11.1. The standard InChI is InChI=1S/C14H16N2O4/c1-14(2)19-6-9(7-20-14)15-8-3-4-10-11(5-8)13(18)16-12(10)17/h3-5,9,15H,6-7H2,1-2H3,(H,16,17,18). The molecule has 106 valence electrons. The van der Waals surface area contributed by atoms with Gasteiger partial charge >= 0.3 is 0 Å². The van der Waals surface area contributed by atoms with E-state index in [-0.39, 0.29) is 17.9 Å². The van der Waals surface area contributed by atoms with E-state index in [0.717, 1.165) is 5.69 Å². The van der Waals surface area contributed by atoms with Gasteiger partial charge in [0.1, 0.15) is 0 Å². The molecule has 0 atom stereocenters. The van der Waals surface area contributed by atoms with Gasteiger partial charge in [0.05, 0.1) is 30.4 Å². The van der Waals surface area contributed by atoms with E-state index in [4.69, 9.17) is 9.47 Å². The number of amides is 2. The van der Waals surface area contributed by atoms with Crippen molar-refractivity contribution in [3.8, 4) is 0 Å². The van der Waals surface area contributed by atoms with Gasteiger partial charge in [-0.1, -0.05) is 0 Å². The molecule has 2 N–H and O–H groups in total. The lowest BCUT2D eigenvalue weighted by Crippen LogP contribution is -2.45. The molecule has 0 unspecified atom stereocenters. The molecule has 2 heterocycles. The molecular weight excluding hydrogens is 260 g/mol. The smallest absolute Gasteiger partial charge is 0.259 e. The number of carbonyl (C=O) groups is 2. The van der Waals surface area contributed by atoms with E-state index in [1.165, 1.54) is 0 Å². The molecule has 0 bridgehead atoms. The molecule has 1 fully saturated rings. The zero-order valence-corrected chi connectivity index (χ0v) is 11.4. The molecule has 2 aliphatic heterocycles. The molecule has 0 radical (unpaired) electrons. The van der Waals surface area contributed by atoms with Crippen molar-refractivity contribution in [2.75, 3.05) is 18.5 Å². The Bertz CT molecular complexity index is 573. The van der Waals surface area contributed by atoms with Crippen molar-refractivity contribution in [2.45, 2.75) is 25.7 Å². The lowest BCUT2D eigenvalue weighted by Gasteiger charge is -2.35. The highest BCUT2D eigenvalue weighted by Gasteiger charge is 2.29. The van der Waals surface area contributed by atoms with Crippen LogP contribution < -0.4 is 10.6 Å². The SMILES string of the molecule is CC1(C)OCC(Nc2ccc3c(c2)C(=O)NC3=O)CO1. The maximum Gasteiger partial charge on any atom is 0.259 e. The molecule has 6 nitrogen and oxygen atoms in total. The van der Waals surface area contributed by atoms with Crippen molar-refractivity contribution >= 4 is 17.5 Å². The molecule has 1 saturated heterocycles. The Hall–Kier alpha value is -1.92. The van der Waals surface area contributed by atoms with Gasteiger partial charge in [-0.25, -0.2) is 0 Å². The number of hydrogen-bond donors (Lipinski definition) is 2. The van der Waals surface area contributed by atoms with Crippen LogP contribution in [0.3, 0.4) is 0 Å². The highest BCUT2D eigenvalue weighted by atomic mass is 16.7. The summed E-state index contributed by atoms with van der Waals surface area (Å²) in [6.45, 7) is 4.79. The summed E-state index contributed by atoms with van der Waals surface area (Å²) in [5.41, 5.74) is 1.58. The molecule has 3 rings (SSSR count). The van der Waals surface area contributed by atoms with Crippen LogP contribution in [-0.4, -0.2) is 36.9 Å². The predicted molar refractivity (Wildman–Crippen MR) is 71.6 cm³/mol. The lowest BCUT2D eigenvalue weighted by atomic mass is 10.1. The molecule has 6 heteroatoms. The molecule has 1 aromatic rings. The van der Waals surface area contributed by atoms with Gasteiger partial charge in [0.2, 0.25) is 0 Å². The predicted octanol–water partition coefficient (Wildman–Crippen LogP) is 1.13. The van der Waals surface area contributed by atoms with E-state index in [9.17, 15) is 9.59 Å². The summed E-state index contributed by atoms with van der Waals surface area (Å²) in [6, 6.07) is 5.11. The van der Waals surface area contributed by atoms with Gasteiger partial charge in [-0.3, -0.25) is 14.9 Å². The summed E-state index contributed by atoms with van der Waals surface area (Å²) >= 11 is 0. The lowest BCUT2D eigenvalue weighted by molar-refractivity contribution is -0.247. The van der Waals surface area contributed by atoms with E-state index in [2.05, 4.69) is 10.6 Å². The third-order valence-electron chi connectivity index (χ3n) is 3.37. The van der Waals surface area contributed by atoms with Crippen molar-refractivity contribution in [1.29, 1.82) is 0 Å². The van der Waals surface area contributed by atoms with E-state index in [1.807, 2.05) is 13.8 Å². The minimum absolute atomic E-state index is 0.0150. The quantitative estimate of drug-likeness (QED) is 0.792. The number of anilines is 1.